The van der Waals surface area contributed by atoms with Crippen LogP contribution in [0.4, 0.5) is 0 Å². The van der Waals surface area contributed by atoms with Crippen molar-refractivity contribution < 1.29 is 0 Å². The average molecular weight is 256 g/mol. The molecule has 1 saturated heterocycles. The Morgan fingerprint density at radius 3 is 2.76 bits per heavy atom. The zero-order valence-electron chi connectivity index (χ0n) is 11.5. The highest BCUT2D eigenvalue weighted by Crippen LogP contribution is 2.31. The van der Waals surface area contributed by atoms with Gasteiger partial charge in [0.25, 0.3) is 0 Å². The van der Waals surface area contributed by atoms with Gasteiger partial charge in [-0.25, -0.2) is 0 Å². The molecule has 1 aliphatic heterocycles. The van der Waals surface area contributed by atoms with Crippen molar-refractivity contribution in [1.82, 2.24) is 10.2 Å². The molecule has 1 heterocycles. The van der Waals surface area contributed by atoms with Crippen molar-refractivity contribution in [2.24, 2.45) is 0 Å². The molecule has 0 aromatic carbocycles. The van der Waals surface area contributed by atoms with Crippen molar-refractivity contribution in [2.45, 2.75) is 57.0 Å². The molecule has 3 heteroatoms. The predicted octanol–water partition coefficient (Wildman–Crippen LogP) is 2.74. The van der Waals surface area contributed by atoms with E-state index in [9.17, 15) is 0 Å². The molecule has 100 valence electrons. The number of rotatable bonds is 3. The summed E-state index contributed by atoms with van der Waals surface area (Å²) < 4.78 is 0. The molecule has 0 amide bonds. The first-order chi connectivity index (χ1) is 8.26. The molecular weight excluding hydrogens is 228 g/mol. The molecule has 1 saturated carbocycles. The molecular formula is C14H28N2S. The Balaban J connectivity index is 1.98. The summed E-state index contributed by atoms with van der Waals surface area (Å²) in [5, 5.41) is 3.89. The third kappa shape index (κ3) is 3.62. The number of thioether (sulfide) groups is 1. The van der Waals surface area contributed by atoms with Crippen molar-refractivity contribution in [3.8, 4) is 0 Å². The largest absolute Gasteiger partial charge is 0.310 e. The quantitative estimate of drug-likeness (QED) is 0.836. The van der Waals surface area contributed by atoms with Gasteiger partial charge in [0, 0.05) is 30.4 Å². The van der Waals surface area contributed by atoms with Crippen molar-refractivity contribution in [3.63, 3.8) is 0 Å². The maximum atomic E-state index is 3.89. The first-order valence-electron chi connectivity index (χ1n) is 7.24. The molecule has 1 atom stereocenters. The first-order valence-corrected chi connectivity index (χ1v) is 8.63. The second kappa shape index (κ2) is 6.44. The summed E-state index contributed by atoms with van der Waals surface area (Å²) in [5.74, 6) is 1.28. The normalized spacial score (nSPS) is 30.4. The summed E-state index contributed by atoms with van der Waals surface area (Å²) in [6.45, 7) is 6.18. The lowest BCUT2D eigenvalue weighted by atomic mass is 9.81. The van der Waals surface area contributed by atoms with E-state index in [0.29, 0.717) is 5.54 Å². The van der Waals surface area contributed by atoms with Gasteiger partial charge in [0.1, 0.15) is 0 Å². The summed E-state index contributed by atoms with van der Waals surface area (Å²) in [6, 6.07) is 0.760. The summed E-state index contributed by atoms with van der Waals surface area (Å²) in [4.78, 5) is 2.74. The number of nitrogens with one attached hydrogen (secondary N) is 1. The molecule has 1 unspecified atom stereocenters. The van der Waals surface area contributed by atoms with Crippen LogP contribution in [-0.4, -0.2) is 48.1 Å². The van der Waals surface area contributed by atoms with Gasteiger partial charge in [0.05, 0.1) is 0 Å². The van der Waals surface area contributed by atoms with Crippen LogP contribution in [0.5, 0.6) is 0 Å². The van der Waals surface area contributed by atoms with E-state index in [1.165, 1.54) is 63.9 Å². The van der Waals surface area contributed by atoms with E-state index in [0.717, 1.165) is 6.04 Å². The zero-order valence-corrected chi connectivity index (χ0v) is 12.3. The van der Waals surface area contributed by atoms with Gasteiger partial charge in [0.15, 0.2) is 0 Å². The Kier molecular flexibility index (Phi) is 5.19. The van der Waals surface area contributed by atoms with Crippen molar-refractivity contribution >= 4 is 11.8 Å². The highest BCUT2D eigenvalue weighted by molar-refractivity contribution is 7.98. The Hall–Kier alpha value is 0.270. The molecule has 0 radical (unpaired) electrons. The molecule has 2 rings (SSSR count). The molecule has 2 nitrogen and oxygen atoms in total. The molecule has 2 fully saturated rings. The second-order valence-electron chi connectivity index (χ2n) is 5.87. The van der Waals surface area contributed by atoms with E-state index < -0.39 is 0 Å². The predicted molar refractivity (Wildman–Crippen MR) is 77.9 cm³/mol. The molecule has 0 aromatic heterocycles. The van der Waals surface area contributed by atoms with E-state index in [-0.39, 0.29) is 0 Å². The molecule has 1 spiro atoms. The minimum Gasteiger partial charge on any atom is -0.310 e. The summed E-state index contributed by atoms with van der Waals surface area (Å²) in [5.41, 5.74) is 0.460. The van der Waals surface area contributed by atoms with Crippen LogP contribution in [-0.2, 0) is 0 Å². The summed E-state index contributed by atoms with van der Waals surface area (Å²) in [7, 11) is 0. The molecule has 1 aliphatic carbocycles. The molecule has 0 bridgehead atoms. The smallest absolute Gasteiger partial charge is 0.0308 e. The van der Waals surface area contributed by atoms with Gasteiger partial charge in [-0.05, 0) is 39.0 Å². The van der Waals surface area contributed by atoms with Crippen molar-refractivity contribution in [1.29, 1.82) is 0 Å². The van der Waals surface area contributed by atoms with Crippen LogP contribution in [0.25, 0.3) is 0 Å². The van der Waals surface area contributed by atoms with Crippen molar-refractivity contribution in [3.05, 3.63) is 0 Å². The van der Waals surface area contributed by atoms with Gasteiger partial charge >= 0.3 is 0 Å². The Morgan fingerprint density at radius 1 is 1.29 bits per heavy atom. The fraction of sp³-hybridized carbons (Fsp3) is 1.00. The maximum Gasteiger partial charge on any atom is 0.0308 e. The topological polar surface area (TPSA) is 15.3 Å². The average Bonchev–Trinajstić information content (AvgIpc) is 2.48. The first kappa shape index (κ1) is 13.7. The summed E-state index contributed by atoms with van der Waals surface area (Å²) in [6.07, 6.45) is 10.6. The highest BCUT2D eigenvalue weighted by atomic mass is 32.2. The van der Waals surface area contributed by atoms with Crippen LogP contribution in [0.1, 0.15) is 45.4 Å². The SMILES string of the molecule is CSCCN1CC2(CCCCC2)NCCC1C. The second-order valence-corrected chi connectivity index (χ2v) is 6.85. The number of hydrogen-bond acceptors (Lipinski definition) is 3. The lowest BCUT2D eigenvalue weighted by Crippen LogP contribution is -2.53. The van der Waals surface area contributed by atoms with Gasteiger partial charge in [0.2, 0.25) is 0 Å². The third-order valence-electron chi connectivity index (χ3n) is 4.58. The van der Waals surface area contributed by atoms with E-state index in [4.69, 9.17) is 0 Å². The maximum absolute atomic E-state index is 3.89. The van der Waals surface area contributed by atoms with Gasteiger partial charge in [-0.2, -0.15) is 11.8 Å². The van der Waals surface area contributed by atoms with Crippen LogP contribution in [0.15, 0.2) is 0 Å². The fourth-order valence-electron chi connectivity index (χ4n) is 3.40. The van der Waals surface area contributed by atoms with Crippen LogP contribution in [0.3, 0.4) is 0 Å². The Labute approximate surface area is 111 Å². The van der Waals surface area contributed by atoms with E-state index >= 15 is 0 Å². The minimum absolute atomic E-state index is 0.460. The monoisotopic (exact) mass is 256 g/mol. The summed E-state index contributed by atoms with van der Waals surface area (Å²) >= 11 is 1.98. The third-order valence-corrected chi connectivity index (χ3v) is 5.18. The van der Waals surface area contributed by atoms with Gasteiger partial charge < -0.3 is 5.32 Å². The van der Waals surface area contributed by atoms with Crippen LogP contribution in [0.2, 0.25) is 0 Å². The van der Waals surface area contributed by atoms with Crippen LogP contribution < -0.4 is 5.32 Å². The van der Waals surface area contributed by atoms with Crippen molar-refractivity contribution in [2.75, 3.05) is 31.6 Å². The number of hydrogen-bond donors (Lipinski definition) is 1. The minimum atomic E-state index is 0.460. The van der Waals surface area contributed by atoms with Crippen LogP contribution in [0, 0.1) is 0 Å². The van der Waals surface area contributed by atoms with Gasteiger partial charge in [-0.3, -0.25) is 4.90 Å². The standard InChI is InChI=1S/C14H28N2S/c1-13-6-9-15-14(7-4-3-5-8-14)12-16(13)10-11-17-2/h13,15H,3-12H2,1-2H3. The van der Waals surface area contributed by atoms with Gasteiger partial charge in [-0.15, -0.1) is 0 Å². The lowest BCUT2D eigenvalue weighted by molar-refractivity contribution is 0.144. The fourth-order valence-corrected chi connectivity index (χ4v) is 3.82. The van der Waals surface area contributed by atoms with E-state index in [2.05, 4.69) is 23.4 Å². The number of nitrogens with zero attached hydrogens (tertiary/aromatic N) is 1. The Bertz CT molecular complexity index is 226. The van der Waals surface area contributed by atoms with E-state index in [1.54, 1.807) is 0 Å². The molecule has 1 N–H and O–H groups in total. The van der Waals surface area contributed by atoms with E-state index in [1.807, 2.05) is 11.8 Å². The van der Waals surface area contributed by atoms with Crippen LogP contribution >= 0.6 is 11.8 Å². The molecule has 17 heavy (non-hydrogen) atoms. The molecule has 0 aromatic rings. The lowest BCUT2D eigenvalue weighted by Gasteiger charge is -2.41. The molecule has 2 aliphatic rings. The highest BCUT2D eigenvalue weighted by Gasteiger charge is 2.36. The van der Waals surface area contributed by atoms with Gasteiger partial charge in [-0.1, -0.05) is 19.3 Å². The zero-order chi connectivity index (χ0) is 12.1. The Morgan fingerprint density at radius 2 is 2.06 bits per heavy atom.